The van der Waals surface area contributed by atoms with Crippen LogP contribution in [0.1, 0.15) is 42.3 Å². The monoisotopic (exact) mass is 407 g/mol. The maximum atomic E-state index is 12.4. The van der Waals surface area contributed by atoms with Crippen LogP contribution in [-0.2, 0) is 17.8 Å². The summed E-state index contributed by atoms with van der Waals surface area (Å²) >= 11 is 0. The maximum absolute atomic E-state index is 12.4. The maximum Gasteiger partial charge on any atom is 0.412 e. The van der Waals surface area contributed by atoms with E-state index in [-0.39, 0.29) is 5.91 Å². The highest BCUT2D eigenvalue weighted by atomic mass is 16.6. The van der Waals surface area contributed by atoms with Crippen molar-refractivity contribution in [3.8, 4) is 0 Å². The molecule has 8 nitrogen and oxygen atoms in total. The molecule has 3 aromatic rings. The predicted octanol–water partition coefficient (Wildman–Crippen LogP) is 3.60. The molecule has 0 radical (unpaired) electrons. The van der Waals surface area contributed by atoms with Gasteiger partial charge in [-0.15, -0.1) is 0 Å². The van der Waals surface area contributed by atoms with Gasteiger partial charge in [0.2, 0.25) is 0 Å². The van der Waals surface area contributed by atoms with Gasteiger partial charge in [-0.2, -0.15) is 5.10 Å². The van der Waals surface area contributed by atoms with Crippen LogP contribution in [0, 0.1) is 0 Å². The highest BCUT2D eigenvalue weighted by Gasteiger charge is 2.16. The van der Waals surface area contributed by atoms with Crippen molar-refractivity contribution in [3.63, 3.8) is 0 Å². The number of benzene rings is 2. The first-order valence-corrected chi connectivity index (χ1v) is 9.57. The number of amides is 2. The molecule has 0 aliphatic rings. The molecule has 2 aromatic carbocycles. The molecule has 1 aromatic heterocycles. The van der Waals surface area contributed by atoms with Crippen LogP contribution < -0.4 is 10.6 Å². The molecule has 0 fully saturated rings. The minimum atomic E-state index is -0.573. The number of rotatable bonds is 6. The van der Waals surface area contributed by atoms with E-state index in [1.165, 1.54) is 6.33 Å². The summed E-state index contributed by atoms with van der Waals surface area (Å²) in [5, 5.41) is 9.65. The zero-order valence-corrected chi connectivity index (χ0v) is 17.3. The van der Waals surface area contributed by atoms with Gasteiger partial charge in [0.25, 0.3) is 5.91 Å². The van der Waals surface area contributed by atoms with E-state index in [1.54, 1.807) is 56.0 Å². The average molecular weight is 407 g/mol. The SMILES string of the molecule is CC(C)(C)OC(=O)Nc1ccc(C(=O)NCc2cccc(Cn3cncn3)c2)cc1. The van der Waals surface area contributed by atoms with Gasteiger partial charge >= 0.3 is 6.09 Å². The lowest BCUT2D eigenvalue weighted by atomic mass is 10.1. The van der Waals surface area contributed by atoms with Gasteiger partial charge in [-0.1, -0.05) is 24.3 Å². The summed E-state index contributed by atoms with van der Waals surface area (Å²) in [6.07, 6.45) is 2.62. The van der Waals surface area contributed by atoms with Gasteiger partial charge < -0.3 is 10.1 Å². The van der Waals surface area contributed by atoms with Crippen molar-refractivity contribution < 1.29 is 14.3 Å². The van der Waals surface area contributed by atoms with E-state index in [0.29, 0.717) is 24.3 Å². The van der Waals surface area contributed by atoms with Crippen molar-refractivity contribution in [2.75, 3.05) is 5.32 Å². The third-order valence-electron chi connectivity index (χ3n) is 4.05. The molecule has 1 heterocycles. The molecule has 30 heavy (non-hydrogen) atoms. The molecule has 2 N–H and O–H groups in total. The number of nitrogens with one attached hydrogen (secondary N) is 2. The highest BCUT2D eigenvalue weighted by molar-refractivity contribution is 5.95. The summed E-state index contributed by atoms with van der Waals surface area (Å²) in [4.78, 5) is 28.2. The molecular weight excluding hydrogens is 382 g/mol. The minimum Gasteiger partial charge on any atom is -0.444 e. The van der Waals surface area contributed by atoms with Gasteiger partial charge in [0.1, 0.15) is 18.3 Å². The Labute approximate surface area is 175 Å². The second kappa shape index (κ2) is 9.21. The van der Waals surface area contributed by atoms with E-state index in [2.05, 4.69) is 20.7 Å². The lowest BCUT2D eigenvalue weighted by Crippen LogP contribution is -2.27. The van der Waals surface area contributed by atoms with Crippen molar-refractivity contribution in [2.45, 2.75) is 39.5 Å². The molecule has 156 valence electrons. The average Bonchev–Trinajstić information content (AvgIpc) is 3.18. The van der Waals surface area contributed by atoms with E-state index < -0.39 is 11.7 Å². The molecule has 0 unspecified atom stereocenters. The zero-order valence-electron chi connectivity index (χ0n) is 17.3. The minimum absolute atomic E-state index is 0.194. The molecule has 0 bridgehead atoms. The van der Waals surface area contributed by atoms with E-state index in [4.69, 9.17) is 4.74 Å². The van der Waals surface area contributed by atoms with E-state index in [9.17, 15) is 9.59 Å². The Morgan fingerprint density at radius 2 is 1.80 bits per heavy atom. The van der Waals surface area contributed by atoms with E-state index in [0.717, 1.165) is 11.1 Å². The molecule has 0 spiro atoms. The van der Waals surface area contributed by atoms with Crippen molar-refractivity contribution >= 4 is 17.7 Å². The Balaban J connectivity index is 1.53. The number of anilines is 1. The molecule has 0 aliphatic heterocycles. The lowest BCUT2D eigenvalue weighted by Gasteiger charge is -2.19. The van der Waals surface area contributed by atoms with Gasteiger partial charge in [0.15, 0.2) is 0 Å². The Hall–Kier alpha value is -3.68. The summed E-state index contributed by atoms with van der Waals surface area (Å²) in [6, 6.07) is 14.6. The van der Waals surface area contributed by atoms with Gasteiger partial charge in [-0.25, -0.2) is 14.5 Å². The number of carbonyl (C=O) groups is 2. The van der Waals surface area contributed by atoms with Crippen LogP contribution in [0.3, 0.4) is 0 Å². The Kier molecular flexibility index (Phi) is 6.46. The van der Waals surface area contributed by atoms with Crippen LogP contribution in [0.2, 0.25) is 0 Å². The van der Waals surface area contributed by atoms with Crippen LogP contribution in [0.15, 0.2) is 61.2 Å². The quantitative estimate of drug-likeness (QED) is 0.651. The Morgan fingerprint density at radius 3 is 2.47 bits per heavy atom. The van der Waals surface area contributed by atoms with Crippen LogP contribution in [0.5, 0.6) is 0 Å². The number of hydrogen-bond acceptors (Lipinski definition) is 5. The van der Waals surface area contributed by atoms with Crippen molar-refractivity contribution in [2.24, 2.45) is 0 Å². The number of ether oxygens (including phenoxy) is 1. The Morgan fingerprint density at radius 1 is 1.07 bits per heavy atom. The number of hydrogen-bond donors (Lipinski definition) is 2. The van der Waals surface area contributed by atoms with E-state index in [1.807, 2.05) is 24.3 Å². The van der Waals surface area contributed by atoms with Crippen LogP contribution in [0.25, 0.3) is 0 Å². The normalized spacial score (nSPS) is 11.0. The van der Waals surface area contributed by atoms with Crippen molar-refractivity contribution in [3.05, 3.63) is 77.9 Å². The van der Waals surface area contributed by atoms with Crippen LogP contribution >= 0.6 is 0 Å². The molecule has 3 rings (SSSR count). The van der Waals surface area contributed by atoms with Crippen molar-refractivity contribution in [1.82, 2.24) is 20.1 Å². The first-order chi connectivity index (χ1) is 14.3. The van der Waals surface area contributed by atoms with Gasteiger partial charge in [0, 0.05) is 17.8 Å². The van der Waals surface area contributed by atoms with Crippen LogP contribution in [-0.4, -0.2) is 32.4 Å². The highest BCUT2D eigenvalue weighted by Crippen LogP contribution is 2.13. The number of carbonyl (C=O) groups excluding carboxylic acids is 2. The first-order valence-electron chi connectivity index (χ1n) is 9.57. The van der Waals surface area contributed by atoms with Gasteiger partial charge in [-0.05, 0) is 56.2 Å². The molecule has 8 heteroatoms. The Bertz CT molecular complexity index is 992. The summed E-state index contributed by atoms with van der Waals surface area (Å²) in [5.41, 5.74) is 2.55. The van der Waals surface area contributed by atoms with Gasteiger partial charge in [0.05, 0.1) is 6.54 Å². The zero-order chi connectivity index (χ0) is 21.6. The fourth-order valence-electron chi connectivity index (χ4n) is 2.75. The smallest absolute Gasteiger partial charge is 0.412 e. The molecular formula is C22H25N5O3. The number of nitrogens with zero attached hydrogens (tertiary/aromatic N) is 3. The second-order valence-electron chi connectivity index (χ2n) is 7.80. The third kappa shape index (κ3) is 6.44. The second-order valence-corrected chi connectivity index (χ2v) is 7.80. The van der Waals surface area contributed by atoms with Crippen molar-refractivity contribution in [1.29, 1.82) is 0 Å². The molecule has 0 aliphatic carbocycles. The first kappa shape index (κ1) is 21.0. The summed E-state index contributed by atoms with van der Waals surface area (Å²) in [7, 11) is 0. The number of aromatic nitrogens is 3. The fraction of sp³-hybridized carbons (Fsp3) is 0.273. The molecule has 0 atom stereocenters. The summed E-state index contributed by atoms with van der Waals surface area (Å²) < 4.78 is 6.95. The fourth-order valence-corrected chi connectivity index (χ4v) is 2.75. The van der Waals surface area contributed by atoms with Gasteiger partial charge in [-0.3, -0.25) is 10.1 Å². The molecule has 0 saturated heterocycles. The van der Waals surface area contributed by atoms with E-state index >= 15 is 0 Å². The topological polar surface area (TPSA) is 98.1 Å². The standard InChI is InChI=1S/C22H25N5O3/c1-22(2,3)30-21(29)26-19-9-7-18(8-10-19)20(28)24-12-16-5-4-6-17(11-16)13-27-15-23-14-25-27/h4-11,14-15H,12-13H2,1-3H3,(H,24,28)(H,26,29). The molecule has 0 saturated carbocycles. The van der Waals surface area contributed by atoms with Crippen LogP contribution in [0.4, 0.5) is 10.5 Å². The molecule has 2 amide bonds. The lowest BCUT2D eigenvalue weighted by molar-refractivity contribution is 0.0635. The predicted molar refractivity (Wildman–Crippen MR) is 113 cm³/mol. The summed E-state index contributed by atoms with van der Waals surface area (Å²) in [5.74, 6) is -0.194. The largest absolute Gasteiger partial charge is 0.444 e. The third-order valence-corrected chi connectivity index (χ3v) is 4.05. The summed E-state index contributed by atoms with van der Waals surface area (Å²) in [6.45, 7) is 6.41.